The molecule has 0 bridgehead atoms. The van der Waals surface area contributed by atoms with E-state index in [1.807, 2.05) is 4.90 Å². The van der Waals surface area contributed by atoms with E-state index in [-0.39, 0.29) is 11.5 Å². The van der Waals surface area contributed by atoms with E-state index >= 15 is 0 Å². The molecule has 3 aliphatic rings. The van der Waals surface area contributed by atoms with Crippen molar-refractivity contribution in [2.75, 3.05) is 52.5 Å². The van der Waals surface area contributed by atoms with Crippen molar-refractivity contribution in [3.63, 3.8) is 0 Å². The maximum atomic E-state index is 11.6. The Labute approximate surface area is 121 Å². The lowest BCUT2D eigenvalue weighted by molar-refractivity contribution is -0.160. The largest absolute Gasteiger partial charge is 0.381 e. The van der Waals surface area contributed by atoms with Crippen LogP contribution >= 0.6 is 0 Å². The van der Waals surface area contributed by atoms with Gasteiger partial charge in [-0.3, -0.25) is 4.79 Å². The molecule has 20 heavy (non-hydrogen) atoms. The van der Waals surface area contributed by atoms with Crippen LogP contribution in [0, 0.1) is 5.92 Å². The van der Waals surface area contributed by atoms with Gasteiger partial charge >= 0.3 is 0 Å². The monoisotopic (exact) mass is 282 g/mol. The van der Waals surface area contributed by atoms with Crippen LogP contribution in [0.3, 0.4) is 0 Å². The van der Waals surface area contributed by atoms with E-state index in [4.69, 9.17) is 9.47 Å². The molecule has 0 aromatic rings. The fraction of sp³-hybridized carbons (Fsp3) is 0.933. The number of likely N-dealkylation sites (tertiary alicyclic amines) is 1. The number of amides is 1. The molecule has 0 aliphatic carbocycles. The SMILES string of the molecule is CC(=O)N1CCO[C@]2(CCCN(C[C@H]3CCOC3)C2)C1. The van der Waals surface area contributed by atoms with Gasteiger partial charge in [0, 0.05) is 33.2 Å². The van der Waals surface area contributed by atoms with Gasteiger partial charge in [-0.25, -0.2) is 0 Å². The second kappa shape index (κ2) is 6.00. The van der Waals surface area contributed by atoms with Crippen molar-refractivity contribution in [1.82, 2.24) is 9.80 Å². The van der Waals surface area contributed by atoms with Crippen LogP contribution < -0.4 is 0 Å². The van der Waals surface area contributed by atoms with Gasteiger partial charge in [-0.05, 0) is 31.7 Å². The predicted octanol–water partition coefficient (Wildman–Crippen LogP) is 0.736. The minimum atomic E-state index is -0.123. The minimum Gasteiger partial charge on any atom is -0.381 e. The van der Waals surface area contributed by atoms with E-state index in [0.29, 0.717) is 12.5 Å². The van der Waals surface area contributed by atoms with Crippen LogP contribution in [0.25, 0.3) is 0 Å². The molecule has 0 unspecified atom stereocenters. The summed E-state index contributed by atoms with van der Waals surface area (Å²) in [4.78, 5) is 16.1. The molecule has 114 valence electrons. The third-order valence-corrected chi connectivity index (χ3v) is 4.85. The zero-order chi connectivity index (χ0) is 14.0. The van der Waals surface area contributed by atoms with Gasteiger partial charge in [0.2, 0.25) is 5.91 Å². The first-order valence-electron chi connectivity index (χ1n) is 7.86. The normalized spacial score (nSPS) is 35.6. The number of hydrogen-bond donors (Lipinski definition) is 0. The summed E-state index contributed by atoms with van der Waals surface area (Å²) in [6, 6.07) is 0. The van der Waals surface area contributed by atoms with Gasteiger partial charge in [0.15, 0.2) is 0 Å². The van der Waals surface area contributed by atoms with E-state index in [0.717, 1.165) is 52.4 Å². The standard InChI is InChI=1S/C15H26N2O3/c1-13(18)17-6-8-20-15(12-17)4-2-5-16(11-15)9-14-3-7-19-10-14/h14H,2-12H2,1H3/t14-,15+/m1/s1. The zero-order valence-corrected chi connectivity index (χ0v) is 12.5. The summed E-state index contributed by atoms with van der Waals surface area (Å²) in [5.74, 6) is 0.853. The van der Waals surface area contributed by atoms with Crippen LogP contribution in [0.2, 0.25) is 0 Å². The van der Waals surface area contributed by atoms with Crippen molar-refractivity contribution in [1.29, 1.82) is 0 Å². The van der Waals surface area contributed by atoms with Gasteiger partial charge < -0.3 is 19.3 Å². The van der Waals surface area contributed by atoms with Crippen LogP contribution in [0.15, 0.2) is 0 Å². The molecule has 2 atom stereocenters. The van der Waals surface area contributed by atoms with Crippen molar-refractivity contribution in [3.05, 3.63) is 0 Å². The molecule has 3 saturated heterocycles. The Balaban J connectivity index is 1.59. The van der Waals surface area contributed by atoms with Gasteiger partial charge in [-0.2, -0.15) is 0 Å². The van der Waals surface area contributed by atoms with Crippen LogP contribution in [-0.4, -0.2) is 73.9 Å². The molecule has 3 fully saturated rings. The predicted molar refractivity (Wildman–Crippen MR) is 75.5 cm³/mol. The number of carbonyl (C=O) groups excluding carboxylic acids is 1. The maximum Gasteiger partial charge on any atom is 0.219 e. The molecular weight excluding hydrogens is 256 g/mol. The van der Waals surface area contributed by atoms with Crippen LogP contribution in [0.1, 0.15) is 26.2 Å². The molecule has 0 N–H and O–H groups in total. The van der Waals surface area contributed by atoms with Crippen molar-refractivity contribution < 1.29 is 14.3 Å². The van der Waals surface area contributed by atoms with Crippen LogP contribution in [0.4, 0.5) is 0 Å². The highest BCUT2D eigenvalue weighted by Crippen LogP contribution is 2.30. The lowest BCUT2D eigenvalue weighted by atomic mass is 9.90. The number of rotatable bonds is 2. The van der Waals surface area contributed by atoms with Crippen molar-refractivity contribution in [2.45, 2.75) is 31.8 Å². The summed E-state index contributed by atoms with van der Waals surface area (Å²) in [7, 11) is 0. The van der Waals surface area contributed by atoms with E-state index in [9.17, 15) is 4.79 Å². The molecule has 0 aromatic heterocycles. The van der Waals surface area contributed by atoms with Crippen molar-refractivity contribution in [3.8, 4) is 0 Å². The van der Waals surface area contributed by atoms with Gasteiger partial charge in [-0.1, -0.05) is 0 Å². The molecule has 0 saturated carbocycles. The average Bonchev–Trinajstić information content (AvgIpc) is 2.92. The molecule has 0 aromatic carbocycles. The Morgan fingerprint density at radius 1 is 1.30 bits per heavy atom. The van der Waals surface area contributed by atoms with Crippen LogP contribution in [-0.2, 0) is 14.3 Å². The molecule has 1 spiro atoms. The van der Waals surface area contributed by atoms with E-state index in [1.165, 1.54) is 12.8 Å². The first-order valence-corrected chi connectivity index (χ1v) is 7.86. The van der Waals surface area contributed by atoms with E-state index in [2.05, 4.69) is 4.90 Å². The van der Waals surface area contributed by atoms with Gasteiger partial charge in [0.1, 0.15) is 0 Å². The first-order chi connectivity index (χ1) is 9.67. The second-order valence-corrected chi connectivity index (χ2v) is 6.54. The Morgan fingerprint density at radius 2 is 2.20 bits per heavy atom. The fourth-order valence-corrected chi connectivity index (χ4v) is 3.80. The Bertz CT molecular complexity index is 353. The Kier molecular flexibility index (Phi) is 4.29. The fourth-order valence-electron chi connectivity index (χ4n) is 3.80. The third-order valence-electron chi connectivity index (χ3n) is 4.85. The quantitative estimate of drug-likeness (QED) is 0.749. The first kappa shape index (κ1) is 14.3. The summed E-state index contributed by atoms with van der Waals surface area (Å²) >= 11 is 0. The smallest absolute Gasteiger partial charge is 0.219 e. The molecule has 5 nitrogen and oxygen atoms in total. The number of nitrogens with zero attached hydrogens (tertiary/aromatic N) is 2. The number of ether oxygens (including phenoxy) is 2. The lowest BCUT2D eigenvalue weighted by Gasteiger charge is -2.48. The summed E-state index contributed by atoms with van der Waals surface area (Å²) in [5.41, 5.74) is -0.123. The highest BCUT2D eigenvalue weighted by atomic mass is 16.5. The number of hydrogen-bond acceptors (Lipinski definition) is 4. The molecule has 3 aliphatic heterocycles. The average molecular weight is 282 g/mol. The van der Waals surface area contributed by atoms with Crippen molar-refractivity contribution >= 4 is 5.91 Å². The lowest BCUT2D eigenvalue weighted by Crippen LogP contribution is -2.60. The van der Waals surface area contributed by atoms with E-state index in [1.54, 1.807) is 6.92 Å². The molecule has 3 heterocycles. The zero-order valence-electron chi connectivity index (χ0n) is 12.5. The highest BCUT2D eigenvalue weighted by molar-refractivity contribution is 5.73. The second-order valence-electron chi connectivity index (χ2n) is 6.54. The number of morpholine rings is 1. The summed E-state index contributed by atoms with van der Waals surface area (Å²) < 4.78 is 11.6. The molecule has 3 rings (SSSR count). The Morgan fingerprint density at radius 3 is 2.95 bits per heavy atom. The van der Waals surface area contributed by atoms with Crippen LogP contribution in [0.5, 0.6) is 0 Å². The molecular formula is C15H26N2O3. The summed E-state index contributed by atoms with van der Waals surface area (Å²) in [6.07, 6.45) is 3.43. The molecule has 1 amide bonds. The molecule has 0 radical (unpaired) electrons. The summed E-state index contributed by atoms with van der Waals surface area (Å²) in [5, 5.41) is 0. The van der Waals surface area contributed by atoms with Gasteiger partial charge in [-0.15, -0.1) is 0 Å². The number of piperidine rings is 1. The topological polar surface area (TPSA) is 42.0 Å². The highest BCUT2D eigenvalue weighted by Gasteiger charge is 2.41. The van der Waals surface area contributed by atoms with Gasteiger partial charge in [0.25, 0.3) is 0 Å². The molecule has 5 heteroatoms. The van der Waals surface area contributed by atoms with Gasteiger partial charge in [0.05, 0.1) is 25.4 Å². The van der Waals surface area contributed by atoms with Crippen molar-refractivity contribution in [2.24, 2.45) is 5.92 Å². The maximum absolute atomic E-state index is 11.6. The number of carbonyl (C=O) groups is 1. The minimum absolute atomic E-state index is 0.123. The Hall–Kier alpha value is -0.650. The van der Waals surface area contributed by atoms with E-state index < -0.39 is 0 Å². The summed E-state index contributed by atoms with van der Waals surface area (Å²) in [6.45, 7) is 8.91. The third kappa shape index (κ3) is 3.15.